The first-order valence-electron chi connectivity index (χ1n) is 10.9. The number of aliphatic hydroxyl groups excluding tert-OH is 1. The van der Waals surface area contributed by atoms with Gasteiger partial charge >= 0.3 is 0 Å². The van der Waals surface area contributed by atoms with Crippen LogP contribution in [0.15, 0.2) is 54.6 Å². The summed E-state index contributed by atoms with van der Waals surface area (Å²) in [7, 11) is -0.635. The highest BCUT2D eigenvalue weighted by Gasteiger charge is 2.42. The third-order valence-corrected chi connectivity index (χ3v) is 10.4. The molecule has 6 nitrogen and oxygen atoms in total. The van der Waals surface area contributed by atoms with Crippen LogP contribution in [0.2, 0.25) is 18.1 Å². The molecule has 174 valence electrons. The summed E-state index contributed by atoms with van der Waals surface area (Å²) in [6.07, 6.45) is -1.45. The van der Waals surface area contributed by atoms with E-state index in [1.165, 1.54) is 0 Å². The predicted octanol–water partition coefficient (Wildman–Crippen LogP) is 4.97. The molecule has 2 aromatic rings. The highest BCUT2D eigenvalue weighted by Crippen LogP contribution is 2.38. The van der Waals surface area contributed by atoms with Crippen LogP contribution < -0.4 is 10.1 Å². The van der Waals surface area contributed by atoms with Crippen molar-refractivity contribution in [3.63, 3.8) is 0 Å². The number of ether oxygens (including phenoxy) is 2. The molecule has 0 unspecified atom stereocenters. The number of rotatable bonds is 11. The number of benzene rings is 2. The maximum Gasteiger partial charge on any atom is 0.193 e. The first-order chi connectivity index (χ1) is 15.1. The smallest absolute Gasteiger partial charge is 0.193 e. The summed E-state index contributed by atoms with van der Waals surface area (Å²) in [5.41, 5.74) is 1.78. The number of hydrogen-bond donors (Lipinski definition) is 2. The predicted molar refractivity (Wildman–Crippen MR) is 130 cm³/mol. The molecule has 7 heteroatoms. The number of nitrogens with zero attached hydrogens (tertiary/aromatic N) is 1. The summed E-state index contributed by atoms with van der Waals surface area (Å²) in [6.45, 7) is 10.7. The van der Waals surface area contributed by atoms with Gasteiger partial charge in [-0.3, -0.25) is 0 Å². The Labute approximate surface area is 193 Å². The van der Waals surface area contributed by atoms with Crippen molar-refractivity contribution in [2.75, 3.05) is 19.0 Å². The van der Waals surface area contributed by atoms with Gasteiger partial charge in [0.05, 0.1) is 32.4 Å². The van der Waals surface area contributed by atoms with Crippen LogP contribution in [0.1, 0.15) is 26.3 Å². The fourth-order valence-corrected chi connectivity index (χ4v) is 4.15. The lowest BCUT2D eigenvalue weighted by Crippen LogP contribution is -2.53. The van der Waals surface area contributed by atoms with Crippen molar-refractivity contribution in [2.24, 2.45) is 0 Å². The van der Waals surface area contributed by atoms with Gasteiger partial charge in [0.1, 0.15) is 11.9 Å². The number of aliphatic hydroxyl groups is 1. The number of methoxy groups -OCH3 is 1. The Morgan fingerprint density at radius 1 is 1.06 bits per heavy atom. The quantitative estimate of drug-likeness (QED) is 0.465. The molecule has 3 atom stereocenters. The highest BCUT2D eigenvalue weighted by molar-refractivity contribution is 6.74. The van der Waals surface area contributed by atoms with Crippen molar-refractivity contribution in [3.8, 4) is 11.8 Å². The molecule has 0 aliphatic rings. The van der Waals surface area contributed by atoms with Crippen LogP contribution in [0.4, 0.5) is 5.69 Å². The SMILES string of the molecule is COc1ccc(N[C@H]([C@H](CO)OCc2ccccc2)[C@@H](C#N)O[Si](C)(C)C(C)(C)C)cc1. The second-order valence-electron chi connectivity index (χ2n) is 9.34. The lowest BCUT2D eigenvalue weighted by atomic mass is 10.1. The molecule has 0 aromatic heterocycles. The van der Waals surface area contributed by atoms with Gasteiger partial charge in [0, 0.05) is 5.69 Å². The Kier molecular flexibility index (Phi) is 9.29. The first kappa shape index (κ1) is 25.9. The topological polar surface area (TPSA) is 83.7 Å². The summed E-state index contributed by atoms with van der Waals surface area (Å²) in [5, 5.41) is 23.6. The lowest BCUT2D eigenvalue weighted by molar-refractivity contribution is -0.0247. The number of nitriles is 1. The van der Waals surface area contributed by atoms with Crippen molar-refractivity contribution < 1.29 is 19.0 Å². The van der Waals surface area contributed by atoms with Crippen LogP contribution in [0, 0.1) is 11.3 Å². The summed E-state index contributed by atoms with van der Waals surface area (Å²) in [6, 6.07) is 18.9. The van der Waals surface area contributed by atoms with E-state index in [1.807, 2.05) is 54.6 Å². The molecule has 0 aliphatic heterocycles. The Morgan fingerprint density at radius 2 is 1.69 bits per heavy atom. The summed E-state index contributed by atoms with van der Waals surface area (Å²) in [4.78, 5) is 0. The molecule has 2 rings (SSSR count). The monoisotopic (exact) mass is 456 g/mol. The zero-order chi connectivity index (χ0) is 23.8. The number of hydrogen-bond acceptors (Lipinski definition) is 6. The van der Waals surface area contributed by atoms with Gasteiger partial charge in [-0.25, -0.2) is 0 Å². The molecule has 32 heavy (non-hydrogen) atoms. The molecule has 0 bridgehead atoms. The van der Waals surface area contributed by atoms with Crippen molar-refractivity contribution >= 4 is 14.0 Å². The van der Waals surface area contributed by atoms with E-state index in [2.05, 4.69) is 45.3 Å². The van der Waals surface area contributed by atoms with Crippen LogP contribution in [-0.2, 0) is 15.8 Å². The zero-order valence-corrected chi connectivity index (χ0v) is 21.0. The number of nitrogens with one attached hydrogen (secondary N) is 1. The Balaban J connectivity index is 2.31. The standard InChI is InChI=1S/C25H36N2O4Si/c1-25(2,3)32(5,6)31-22(16-26)24(27-20-12-14-21(29-4)15-13-20)23(17-28)30-18-19-10-8-7-9-11-19/h7-15,22-24,27-28H,17-18H2,1-6H3/t22-,23+,24+/m1/s1. The van der Waals surface area contributed by atoms with Gasteiger partial charge in [-0.2, -0.15) is 5.26 Å². The molecule has 0 saturated heterocycles. The van der Waals surface area contributed by atoms with E-state index in [0.717, 1.165) is 17.0 Å². The van der Waals surface area contributed by atoms with E-state index in [0.29, 0.717) is 6.61 Å². The molecule has 0 fully saturated rings. The van der Waals surface area contributed by atoms with E-state index in [9.17, 15) is 10.4 Å². The van der Waals surface area contributed by atoms with Crippen molar-refractivity contribution in [1.29, 1.82) is 5.26 Å². The molecule has 0 spiro atoms. The molecule has 0 heterocycles. The third-order valence-electron chi connectivity index (χ3n) is 5.99. The van der Waals surface area contributed by atoms with Gasteiger partial charge in [-0.05, 0) is 48.0 Å². The Morgan fingerprint density at radius 3 is 2.19 bits per heavy atom. The van der Waals surface area contributed by atoms with Crippen LogP contribution in [0.3, 0.4) is 0 Å². The zero-order valence-electron chi connectivity index (χ0n) is 20.0. The average Bonchev–Trinajstić information content (AvgIpc) is 2.77. The van der Waals surface area contributed by atoms with Crippen LogP contribution >= 0.6 is 0 Å². The fourth-order valence-electron chi connectivity index (χ4n) is 2.96. The average molecular weight is 457 g/mol. The van der Waals surface area contributed by atoms with Gasteiger partial charge in [0.25, 0.3) is 0 Å². The van der Waals surface area contributed by atoms with Crippen LogP contribution in [-0.4, -0.2) is 45.4 Å². The van der Waals surface area contributed by atoms with E-state index in [4.69, 9.17) is 13.9 Å². The van der Waals surface area contributed by atoms with Gasteiger partial charge in [0.15, 0.2) is 14.4 Å². The van der Waals surface area contributed by atoms with Gasteiger partial charge < -0.3 is 24.3 Å². The minimum absolute atomic E-state index is 0.0631. The second kappa shape index (κ2) is 11.5. The summed E-state index contributed by atoms with van der Waals surface area (Å²) < 4.78 is 17.8. The van der Waals surface area contributed by atoms with Crippen LogP contribution in [0.25, 0.3) is 0 Å². The van der Waals surface area contributed by atoms with E-state index < -0.39 is 26.6 Å². The second-order valence-corrected chi connectivity index (χ2v) is 14.1. The Hall–Kier alpha value is -2.37. The lowest BCUT2D eigenvalue weighted by Gasteiger charge is -2.40. The van der Waals surface area contributed by atoms with E-state index in [-0.39, 0.29) is 11.6 Å². The molecule has 2 N–H and O–H groups in total. The molecular formula is C25H36N2O4Si. The fraction of sp³-hybridized carbons (Fsp3) is 0.480. The minimum Gasteiger partial charge on any atom is -0.497 e. The van der Waals surface area contributed by atoms with Gasteiger partial charge in [-0.15, -0.1) is 0 Å². The molecule has 2 aromatic carbocycles. The summed E-state index contributed by atoms with van der Waals surface area (Å²) in [5.74, 6) is 0.737. The molecule has 0 saturated carbocycles. The molecule has 0 amide bonds. The van der Waals surface area contributed by atoms with Crippen molar-refractivity contribution in [2.45, 2.75) is 63.8 Å². The molecular weight excluding hydrogens is 420 g/mol. The maximum atomic E-state index is 10.2. The molecule has 0 radical (unpaired) electrons. The normalized spacial score (nSPS) is 14.8. The van der Waals surface area contributed by atoms with E-state index in [1.54, 1.807) is 7.11 Å². The van der Waals surface area contributed by atoms with E-state index >= 15 is 0 Å². The van der Waals surface area contributed by atoms with Crippen molar-refractivity contribution in [3.05, 3.63) is 60.2 Å². The van der Waals surface area contributed by atoms with Crippen molar-refractivity contribution in [1.82, 2.24) is 0 Å². The molecule has 0 aliphatic carbocycles. The summed E-state index contributed by atoms with van der Waals surface area (Å²) >= 11 is 0. The Bertz CT molecular complexity index is 860. The maximum absolute atomic E-state index is 10.2. The highest BCUT2D eigenvalue weighted by atomic mass is 28.4. The largest absolute Gasteiger partial charge is 0.497 e. The minimum atomic E-state index is -2.25. The van der Waals surface area contributed by atoms with Gasteiger partial charge in [-0.1, -0.05) is 51.1 Å². The van der Waals surface area contributed by atoms with Crippen LogP contribution in [0.5, 0.6) is 5.75 Å². The third kappa shape index (κ3) is 7.07. The number of anilines is 1. The van der Waals surface area contributed by atoms with Gasteiger partial charge in [0.2, 0.25) is 0 Å². The first-order valence-corrected chi connectivity index (χ1v) is 13.8.